The Morgan fingerprint density at radius 3 is 2.40 bits per heavy atom. The first-order chi connectivity index (χ1) is 9.43. The molecule has 1 unspecified atom stereocenters. The smallest absolute Gasteiger partial charge is 0.141 e. The molecule has 1 nitrogen and oxygen atoms in total. The summed E-state index contributed by atoms with van der Waals surface area (Å²) in [5.74, 6) is -0.758. The van der Waals surface area contributed by atoms with Crippen LogP contribution < -0.4 is 4.74 Å². The highest BCUT2D eigenvalue weighted by Crippen LogP contribution is 2.39. The molecule has 0 N–H and O–H groups in total. The number of hydrogen-bond donors (Lipinski definition) is 0. The fourth-order valence-corrected chi connectivity index (χ4v) is 2.66. The third kappa shape index (κ3) is 3.08. The summed E-state index contributed by atoms with van der Waals surface area (Å²) in [6.45, 7) is 0. The number of ether oxygens (including phenoxy) is 1. The highest BCUT2D eigenvalue weighted by atomic mass is 79.9. The summed E-state index contributed by atoms with van der Waals surface area (Å²) in [7, 11) is 1.40. The van der Waals surface area contributed by atoms with Crippen molar-refractivity contribution in [1.82, 2.24) is 0 Å². The maximum absolute atomic E-state index is 13.9. The third-order valence-electron chi connectivity index (χ3n) is 2.78. The Kier molecular flexibility index (Phi) is 4.89. The first-order valence-electron chi connectivity index (χ1n) is 5.56. The van der Waals surface area contributed by atoms with E-state index in [2.05, 4.69) is 15.9 Å². The molecule has 0 amide bonds. The zero-order valence-corrected chi connectivity index (χ0v) is 13.4. The standard InChI is InChI=1S/C14H9BrCl2F2O/c1-20-13-6-12(19)10(15)5-9(13)14(17)8-3-2-7(16)4-11(8)18/h2-6,14H,1H3. The summed E-state index contributed by atoms with van der Waals surface area (Å²) in [5, 5.41) is -0.540. The third-order valence-corrected chi connectivity index (χ3v) is 4.09. The molecule has 0 aromatic heterocycles. The lowest BCUT2D eigenvalue weighted by molar-refractivity contribution is 0.406. The number of methoxy groups -OCH3 is 1. The van der Waals surface area contributed by atoms with E-state index in [0.717, 1.165) is 0 Å². The molecule has 0 aliphatic rings. The quantitative estimate of drug-likeness (QED) is 0.618. The fourth-order valence-electron chi connectivity index (χ4n) is 1.79. The summed E-state index contributed by atoms with van der Waals surface area (Å²) in [6.07, 6.45) is 0. The molecule has 0 bridgehead atoms. The van der Waals surface area contributed by atoms with Crippen molar-refractivity contribution in [3.8, 4) is 5.75 Å². The van der Waals surface area contributed by atoms with E-state index in [1.54, 1.807) is 6.07 Å². The molecule has 0 saturated carbocycles. The molecule has 2 aromatic carbocycles. The summed E-state index contributed by atoms with van der Waals surface area (Å²) < 4.78 is 32.7. The van der Waals surface area contributed by atoms with Crippen molar-refractivity contribution in [2.75, 3.05) is 7.11 Å². The van der Waals surface area contributed by atoms with Crippen LogP contribution in [0.3, 0.4) is 0 Å². The molecular formula is C14H9BrCl2F2O. The van der Waals surface area contributed by atoms with Gasteiger partial charge in [0.25, 0.3) is 0 Å². The van der Waals surface area contributed by atoms with E-state index in [1.165, 1.54) is 31.4 Å². The largest absolute Gasteiger partial charge is 0.496 e. The minimum absolute atomic E-state index is 0.230. The van der Waals surface area contributed by atoms with E-state index < -0.39 is 17.0 Å². The van der Waals surface area contributed by atoms with Crippen LogP contribution in [0.5, 0.6) is 5.75 Å². The van der Waals surface area contributed by atoms with Gasteiger partial charge in [0.05, 0.1) is 17.0 Å². The molecule has 1 atom stereocenters. The number of rotatable bonds is 3. The van der Waals surface area contributed by atoms with Crippen LogP contribution in [0.25, 0.3) is 0 Å². The van der Waals surface area contributed by atoms with Crippen LogP contribution in [0, 0.1) is 11.6 Å². The minimum Gasteiger partial charge on any atom is -0.496 e. The number of alkyl halides is 1. The molecule has 106 valence electrons. The van der Waals surface area contributed by atoms with Gasteiger partial charge in [0.2, 0.25) is 0 Å². The Labute approximate surface area is 133 Å². The maximum atomic E-state index is 13.9. The van der Waals surface area contributed by atoms with Crippen molar-refractivity contribution < 1.29 is 13.5 Å². The number of halogens is 5. The molecule has 0 saturated heterocycles. The second-order valence-electron chi connectivity index (χ2n) is 4.04. The Morgan fingerprint density at radius 2 is 1.80 bits per heavy atom. The van der Waals surface area contributed by atoms with Gasteiger partial charge in [-0.05, 0) is 34.1 Å². The molecule has 20 heavy (non-hydrogen) atoms. The van der Waals surface area contributed by atoms with Gasteiger partial charge in [0, 0.05) is 22.2 Å². The molecule has 2 aromatic rings. The van der Waals surface area contributed by atoms with Gasteiger partial charge in [-0.2, -0.15) is 0 Å². The van der Waals surface area contributed by atoms with Gasteiger partial charge >= 0.3 is 0 Å². The Morgan fingerprint density at radius 1 is 1.10 bits per heavy atom. The first-order valence-corrected chi connectivity index (χ1v) is 7.16. The summed E-state index contributed by atoms with van der Waals surface area (Å²) in [4.78, 5) is 0. The lowest BCUT2D eigenvalue weighted by Crippen LogP contribution is -2.01. The number of hydrogen-bond acceptors (Lipinski definition) is 1. The van der Waals surface area contributed by atoms with E-state index >= 15 is 0 Å². The lowest BCUT2D eigenvalue weighted by atomic mass is 10.0. The van der Waals surface area contributed by atoms with Gasteiger partial charge in [-0.15, -0.1) is 11.6 Å². The molecular weight excluding hydrogens is 373 g/mol. The van der Waals surface area contributed by atoms with Crippen molar-refractivity contribution in [3.63, 3.8) is 0 Å². The van der Waals surface area contributed by atoms with Gasteiger partial charge in [-0.3, -0.25) is 0 Å². The molecule has 0 spiro atoms. The number of benzene rings is 2. The molecule has 6 heteroatoms. The second-order valence-corrected chi connectivity index (χ2v) is 5.76. The second kappa shape index (κ2) is 6.29. The highest BCUT2D eigenvalue weighted by Gasteiger charge is 2.21. The molecule has 0 aliphatic carbocycles. The van der Waals surface area contributed by atoms with E-state index in [1.807, 2.05) is 0 Å². The zero-order chi connectivity index (χ0) is 14.9. The van der Waals surface area contributed by atoms with Crippen LogP contribution >= 0.6 is 39.1 Å². The van der Waals surface area contributed by atoms with Crippen molar-refractivity contribution in [3.05, 3.63) is 62.6 Å². The van der Waals surface area contributed by atoms with Crippen LogP contribution in [0.15, 0.2) is 34.8 Å². The van der Waals surface area contributed by atoms with Gasteiger partial charge in [-0.1, -0.05) is 17.7 Å². The summed E-state index contributed by atoms with van der Waals surface area (Å²) in [6, 6.07) is 6.88. The predicted octanol–water partition coefficient (Wildman–Crippen LogP) is 5.72. The molecule has 0 fully saturated rings. The minimum atomic E-state index is -0.820. The first kappa shape index (κ1) is 15.5. The highest BCUT2D eigenvalue weighted by molar-refractivity contribution is 9.10. The average Bonchev–Trinajstić information content (AvgIpc) is 2.40. The van der Waals surface area contributed by atoms with Gasteiger partial charge < -0.3 is 4.74 Å². The van der Waals surface area contributed by atoms with Gasteiger partial charge in [0.15, 0.2) is 0 Å². The van der Waals surface area contributed by atoms with Crippen molar-refractivity contribution in [2.45, 2.75) is 5.38 Å². The Balaban J connectivity index is 2.52. The van der Waals surface area contributed by atoms with Crippen LogP contribution in [0.4, 0.5) is 8.78 Å². The van der Waals surface area contributed by atoms with Crippen molar-refractivity contribution in [2.24, 2.45) is 0 Å². The van der Waals surface area contributed by atoms with Crippen molar-refractivity contribution >= 4 is 39.1 Å². The predicted molar refractivity (Wildman–Crippen MR) is 79.8 cm³/mol. The van der Waals surface area contributed by atoms with E-state index in [-0.39, 0.29) is 20.8 Å². The Bertz CT molecular complexity index is 649. The normalized spacial score (nSPS) is 12.3. The zero-order valence-electron chi connectivity index (χ0n) is 10.3. The topological polar surface area (TPSA) is 9.23 Å². The molecule has 2 rings (SSSR count). The molecule has 0 aliphatic heterocycles. The van der Waals surface area contributed by atoms with Crippen LogP contribution in [-0.2, 0) is 0 Å². The SMILES string of the molecule is COc1cc(F)c(Br)cc1C(Cl)c1ccc(Cl)cc1F. The van der Waals surface area contributed by atoms with Crippen LogP contribution in [0.2, 0.25) is 5.02 Å². The van der Waals surface area contributed by atoms with Crippen LogP contribution in [0.1, 0.15) is 16.5 Å². The van der Waals surface area contributed by atoms with E-state index in [9.17, 15) is 8.78 Å². The van der Waals surface area contributed by atoms with E-state index in [4.69, 9.17) is 27.9 Å². The van der Waals surface area contributed by atoms with Crippen LogP contribution in [-0.4, -0.2) is 7.11 Å². The van der Waals surface area contributed by atoms with Crippen molar-refractivity contribution in [1.29, 1.82) is 0 Å². The summed E-state index contributed by atoms with van der Waals surface area (Å²) >= 11 is 15.1. The summed E-state index contributed by atoms with van der Waals surface area (Å²) in [5.41, 5.74) is 0.705. The molecule has 0 heterocycles. The monoisotopic (exact) mass is 380 g/mol. The van der Waals surface area contributed by atoms with E-state index in [0.29, 0.717) is 5.56 Å². The van der Waals surface area contributed by atoms with Gasteiger partial charge in [-0.25, -0.2) is 8.78 Å². The molecule has 0 radical (unpaired) electrons. The fraction of sp³-hybridized carbons (Fsp3) is 0.143. The van der Waals surface area contributed by atoms with Gasteiger partial charge in [0.1, 0.15) is 17.4 Å². The lowest BCUT2D eigenvalue weighted by Gasteiger charge is -2.16. The maximum Gasteiger partial charge on any atom is 0.141 e. The Hall–Kier alpha value is -0.840. The average molecular weight is 382 g/mol.